The second-order valence-electron chi connectivity index (χ2n) is 4.54. The summed E-state index contributed by atoms with van der Waals surface area (Å²) in [5.74, 6) is -3.00. The van der Waals surface area contributed by atoms with Gasteiger partial charge >= 0.3 is 5.97 Å². The van der Waals surface area contributed by atoms with E-state index in [1.807, 2.05) is 0 Å². The van der Waals surface area contributed by atoms with Crippen molar-refractivity contribution in [2.45, 2.75) is 6.92 Å². The van der Waals surface area contributed by atoms with Gasteiger partial charge in [-0.3, -0.25) is 0 Å². The molecule has 1 heterocycles. The molecule has 0 radical (unpaired) electrons. The lowest BCUT2D eigenvalue weighted by Crippen LogP contribution is -2.11. The van der Waals surface area contributed by atoms with Gasteiger partial charge in [-0.05, 0) is 31.2 Å². The molecule has 5 nitrogen and oxygen atoms in total. The molecular weight excluding hydrogens is 318 g/mol. The summed E-state index contributed by atoms with van der Waals surface area (Å²) >= 11 is 0. The van der Waals surface area contributed by atoms with Gasteiger partial charge in [0.05, 0.1) is 12.2 Å². The SMILES string of the molecule is CCOC(=O)/C(C=Nc1cccc(F)n1)=C(\O)c1ccccc1F. The van der Waals surface area contributed by atoms with Gasteiger partial charge in [-0.2, -0.15) is 4.39 Å². The number of esters is 1. The largest absolute Gasteiger partial charge is 0.506 e. The van der Waals surface area contributed by atoms with Crippen LogP contribution in [-0.4, -0.2) is 28.9 Å². The molecule has 124 valence electrons. The summed E-state index contributed by atoms with van der Waals surface area (Å²) in [7, 11) is 0. The number of halogens is 2. The van der Waals surface area contributed by atoms with Gasteiger partial charge in [0.15, 0.2) is 5.82 Å². The van der Waals surface area contributed by atoms with Crippen LogP contribution in [0.5, 0.6) is 0 Å². The van der Waals surface area contributed by atoms with Crippen LogP contribution in [0, 0.1) is 11.8 Å². The Kier molecular flexibility index (Phi) is 5.73. The van der Waals surface area contributed by atoms with E-state index in [0.29, 0.717) is 0 Å². The minimum atomic E-state index is -0.890. The van der Waals surface area contributed by atoms with E-state index in [0.717, 1.165) is 18.3 Å². The van der Waals surface area contributed by atoms with Crippen LogP contribution in [0.25, 0.3) is 5.76 Å². The molecule has 2 aromatic rings. The first-order chi connectivity index (χ1) is 11.5. The number of rotatable bonds is 5. The molecule has 0 atom stereocenters. The van der Waals surface area contributed by atoms with Gasteiger partial charge in [-0.1, -0.05) is 18.2 Å². The average Bonchev–Trinajstić information content (AvgIpc) is 2.55. The Hall–Kier alpha value is -3.09. The standard InChI is InChI=1S/C17H14F2N2O3/c1-2-24-17(23)12(10-20-15-9-5-8-14(19)21-15)16(22)11-6-3-4-7-13(11)18/h3-10,22H,2H2,1H3/b16-12-,20-10?. The number of carbonyl (C=O) groups excluding carboxylic acids is 1. The van der Waals surface area contributed by atoms with Gasteiger partial charge in [0.1, 0.15) is 17.1 Å². The zero-order valence-electron chi connectivity index (χ0n) is 12.7. The number of ether oxygens (including phenoxy) is 1. The first kappa shape index (κ1) is 17.3. The molecule has 0 amide bonds. The average molecular weight is 332 g/mol. The van der Waals surface area contributed by atoms with Crippen LogP contribution in [0.3, 0.4) is 0 Å². The van der Waals surface area contributed by atoms with Crippen molar-refractivity contribution in [1.82, 2.24) is 4.98 Å². The molecule has 0 saturated heterocycles. The van der Waals surface area contributed by atoms with Crippen molar-refractivity contribution in [3.63, 3.8) is 0 Å². The maximum absolute atomic E-state index is 13.8. The Morgan fingerprint density at radius 2 is 2.00 bits per heavy atom. The highest BCUT2D eigenvalue weighted by atomic mass is 19.1. The number of pyridine rings is 1. The number of hydrogen-bond donors (Lipinski definition) is 1. The Bertz CT molecular complexity index is 804. The fraction of sp³-hybridized carbons (Fsp3) is 0.118. The maximum Gasteiger partial charge on any atom is 0.343 e. The summed E-state index contributed by atoms with van der Waals surface area (Å²) in [6.45, 7) is 1.64. The molecule has 0 fully saturated rings. The van der Waals surface area contributed by atoms with E-state index in [4.69, 9.17) is 4.74 Å². The predicted molar refractivity (Wildman–Crippen MR) is 84.9 cm³/mol. The lowest BCUT2D eigenvalue weighted by atomic mass is 10.1. The molecule has 0 bridgehead atoms. The summed E-state index contributed by atoms with van der Waals surface area (Å²) in [6, 6.07) is 9.32. The minimum Gasteiger partial charge on any atom is -0.506 e. The molecule has 0 unspecified atom stereocenters. The molecule has 0 aliphatic rings. The lowest BCUT2D eigenvalue weighted by molar-refractivity contribution is -0.137. The van der Waals surface area contributed by atoms with E-state index < -0.39 is 23.5 Å². The van der Waals surface area contributed by atoms with Crippen molar-refractivity contribution < 1.29 is 23.4 Å². The van der Waals surface area contributed by atoms with Crippen LogP contribution in [-0.2, 0) is 9.53 Å². The first-order valence-corrected chi connectivity index (χ1v) is 7.04. The van der Waals surface area contributed by atoms with Gasteiger partial charge in [-0.25, -0.2) is 19.2 Å². The molecule has 2 rings (SSSR count). The Labute approximate surface area is 137 Å². The summed E-state index contributed by atoms with van der Waals surface area (Å²) in [4.78, 5) is 19.3. The fourth-order valence-electron chi connectivity index (χ4n) is 1.82. The molecule has 1 aromatic carbocycles. The summed E-state index contributed by atoms with van der Waals surface area (Å²) in [5, 5.41) is 10.2. The molecule has 0 saturated carbocycles. The summed E-state index contributed by atoms with van der Waals surface area (Å²) in [5.41, 5.74) is -0.549. The third-order valence-electron chi connectivity index (χ3n) is 2.91. The molecule has 0 aliphatic carbocycles. The molecule has 1 N–H and O–H groups in total. The zero-order chi connectivity index (χ0) is 17.5. The Morgan fingerprint density at radius 3 is 2.67 bits per heavy atom. The molecular formula is C17H14F2N2O3. The third-order valence-corrected chi connectivity index (χ3v) is 2.91. The second kappa shape index (κ2) is 7.96. The van der Waals surface area contributed by atoms with Crippen molar-refractivity contribution in [2.24, 2.45) is 4.99 Å². The predicted octanol–water partition coefficient (Wildman–Crippen LogP) is 3.59. The van der Waals surface area contributed by atoms with Crippen molar-refractivity contribution in [1.29, 1.82) is 0 Å². The smallest absolute Gasteiger partial charge is 0.343 e. The number of aromatic nitrogens is 1. The zero-order valence-corrected chi connectivity index (χ0v) is 12.7. The molecule has 1 aromatic heterocycles. The number of hydrogen-bond acceptors (Lipinski definition) is 5. The number of carbonyl (C=O) groups is 1. The van der Waals surface area contributed by atoms with E-state index in [9.17, 15) is 18.7 Å². The van der Waals surface area contributed by atoms with Crippen LogP contribution >= 0.6 is 0 Å². The van der Waals surface area contributed by atoms with Crippen molar-refractivity contribution >= 4 is 23.8 Å². The van der Waals surface area contributed by atoms with Crippen molar-refractivity contribution in [3.05, 3.63) is 65.4 Å². The molecule has 0 spiro atoms. The Morgan fingerprint density at radius 1 is 1.25 bits per heavy atom. The third kappa shape index (κ3) is 4.22. The van der Waals surface area contributed by atoms with Crippen LogP contribution < -0.4 is 0 Å². The van der Waals surface area contributed by atoms with Crippen LogP contribution in [0.1, 0.15) is 12.5 Å². The number of nitrogens with zero attached hydrogens (tertiary/aromatic N) is 2. The van der Waals surface area contributed by atoms with E-state index in [-0.39, 0.29) is 23.6 Å². The topological polar surface area (TPSA) is 71.8 Å². The van der Waals surface area contributed by atoms with Gasteiger partial charge in [0, 0.05) is 6.21 Å². The van der Waals surface area contributed by atoms with E-state index in [1.54, 1.807) is 6.92 Å². The normalized spacial score (nSPS) is 12.1. The monoisotopic (exact) mass is 332 g/mol. The highest BCUT2D eigenvalue weighted by Crippen LogP contribution is 2.20. The maximum atomic E-state index is 13.8. The molecule has 24 heavy (non-hydrogen) atoms. The van der Waals surface area contributed by atoms with E-state index in [1.165, 1.54) is 30.3 Å². The quantitative estimate of drug-likeness (QED) is 0.299. The van der Waals surface area contributed by atoms with Gasteiger partial charge < -0.3 is 9.84 Å². The van der Waals surface area contributed by atoms with E-state index in [2.05, 4.69) is 9.98 Å². The van der Waals surface area contributed by atoms with Crippen molar-refractivity contribution in [3.8, 4) is 0 Å². The number of benzene rings is 1. The van der Waals surface area contributed by atoms with Gasteiger partial charge in [0.2, 0.25) is 5.95 Å². The second-order valence-corrected chi connectivity index (χ2v) is 4.54. The number of aliphatic imine (C=N–C) groups is 1. The highest BCUT2D eigenvalue weighted by molar-refractivity contribution is 6.15. The minimum absolute atomic E-state index is 0.0156. The van der Waals surface area contributed by atoms with Crippen LogP contribution in [0.15, 0.2) is 53.0 Å². The summed E-state index contributed by atoms with van der Waals surface area (Å²) < 4.78 is 31.7. The summed E-state index contributed by atoms with van der Waals surface area (Å²) in [6.07, 6.45) is 0.960. The first-order valence-electron chi connectivity index (χ1n) is 7.04. The fourth-order valence-corrected chi connectivity index (χ4v) is 1.82. The number of aliphatic hydroxyl groups is 1. The molecule has 7 heteroatoms. The highest BCUT2D eigenvalue weighted by Gasteiger charge is 2.18. The lowest BCUT2D eigenvalue weighted by Gasteiger charge is -2.07. The van der Waals surface area contributed by atoms with Crippen LogP contribution in [0.2, 0.25) is 0 Å². The van der Waals surface area contributed by atoms with Crippen molar-refractivity contribution in [2.75, 3.05) is 6.61 Å². The van der Waals surface area contributed by atoms with Gasteiger partial charge in [0.25, 0.3) is 0 Å². The molecule has 0 aliphatic heterocycles. The van der Waals surface area contributed by atoms with Gasteiger partial charge in [-0.15, -0.1) is 0 Å². The Balaban J connectivity index is 2.47. The van der Waals surface area contributed by atoms with Crippen LogP contribution in [0.4, 0.5) is 14.6 Å². The number of aliphatic hydroxyl groups excluding tert-OH is 1. The van der Waals surface area contributed by atoms with E-state index >= 15 is 0 Å².